The molecule has 0 rings (SSSR count). The maximum Gasteiger partial charge on any atom is 0.306 e. The normalized spacial score (nSPS) is 12.5. The molecule has 0 aliphatic heterocycles. The minimum atomic E-state index is -0.786. The van der Waals surface area contributed by atoms with Crippen LogP contribution >= 0.6 is 0 Å². The van der Waals surface area contributed by atoms with Gasteiger partial charge in [-0.3, -0.25) is 14.4 Å². The first-order valence-electron chi connectivity index (χ1n) is 33.9. The first-order chi connectivity index (χ1) is 38.5. The maximum atomic E-state index is 12.9. The molecule has 0 aliphatic rings. The summed E-state index contributed by atoms with van der Waals surface area (Å²) in [6.45, 7) is 6.59. The molecule has 1 unspecified atom stereocenters. The van der Waals surface area contributed by atoms with Gasteiger partial charge in [-0.05, 0) is 109 Å². The highest BCUT2D eigenvalue weighted by atomic mass is 16.6. The summed E-state index contributed by atoms with van der Waals surface area (Å²) >= 11 is 0. The second-order valence-corrected chi connectivity index (χ2v) is 22.7. The Bertz CT molecular complexity index is 1440. The van der Waals surface area contributed by atoms with Crippen molar-refractivity contribution in [1.82, 2.24) is 0 Å². The predicted molar refractivity (Wildman–Crippen MR) is 339 cm³/mol. The molecule has 78 heavy (non-hydrogen) atoms. The van der Waals surface area contributed by atoms with Crippen molar-refractivity contribution in [1.29, 1.82) is 0 Å². The van der Waals surface area contributed by atoms with Crippen molar-refractivity contribution in [2.24, 2.45) is 0 Å². The number of esters is 3. The molecular formula is C72H128O6. The molecule has 1 atom stereocenters. The SMILES string of the molecule is CCCC/C=C\C/C=C\CCCCCCCC(=O)OCC(COC(=O)CCCCCCCCCCCCCCCCCCC/C=C\C/C=C\CCCCCCC)OC(=O)CCCCCCCCC/C=C\C/C=C\CCCCC. The van der Waals surface area contributed by atoms with Gasteiger partial charge >= 0.3 is 17.9 Å². The summed E-state index contributed by atoms with van der Waals surface area (Å²) in [6, 6.07) is 0. The molecule has 0 aliphatic carbocycles. The molecule has 6 nitrogen and oxygen atoms in total. The number of hydrogen-bond donors (Lipinski definition) is 0. The van der Waals surface area contributed by atoms with E-state index in [9.17, 15) is 14.4 Å². The highest BCUT2D eigenvalue weighted by Gasteiger charge is 2.19. The fourth-order valence-corrected chi connectivity index (χ4v) is 9.76. The number of carbonyl (C=O) groups is 3. The molecule has 0 aromatic heterocycles. The average molecular weight is 1090 g/mol. The monoisotopic (exact) mass is 1090 g/mol. The zero-order valence-electron chi connectivity index (χ0n) is 51.9. The molecule has 0 saturated carbocycles. The van der Waals surface area contributed by atoms with Crippen LogP contribution in [0.15, 0.2) is 72.9 Å². The van der Waals surface area contributed by atoms with Crippen LogP contribution in [-0.4, -0.2) is 37.2 Å². The lowest BCUT2D eigenvalue weighted by Crippen LogP contribution is -2.30. The summed E-state index contributed by atoms with van der Waals surface area (Å²) in [5.74, 6) is -0.887. The Balaban J connectivity index is 4.23. The van der Waals surface area contributed by atoms with Crippen molar-refractivity contribution in [3.8, 4) is 0 Å². The molecule has 0 fully saturated rings. The summed E-state index contributed by atoms with van der Waals surface area (Å²) < 4.78 is 16.9. The van der Waals surface area contributed by atoms with Crippen LogP contribution in [0, 0.1) is 0 Å². The van der Waals surface area contributed by atoms with Crippen LogP contribution in [0.2, 0.25) is 0 Å². The zero-order valence-corrected chi connectivity index (χ0v) is 51.9. The molecule has 0 saturated heterocycles. The Kier molecular flexibility index (Phi) is 63.7. The van der Waals surface area contributed by atoms with Crippen LogP contribution in [0.1, 0.15) is 348 Å². The number of rotatable bonds is 62. The van der Waals surface area contributed by atoms with Crippen molar-refractivity contribution in [2.75, 3.05) is 13.2 Å². The molecule has 0 amide bonds. The van der Waals surface area contributed by atoms with E-state index in [1.807, 2.05) is 0 Å². The third kappa shape index (κ3) is 63.7. The van der Waals surface area contributed by atoms with Gasteiger partial charge in [-0.25, -0.2) is 0 Å². The molecule has 452 valence electrons. The molecular weight excluding hydrogens is 961 g/mol. The lowest BCUT2D eigenvalue weighted by molar-refractivity contribution is -0.167. The van der Waals surface area contributed by atoms with E-state index in [0.717, 1.165) is 96.3 Å². The number of allylic oxidation sites excluding steroid dienone is 12. The van der Waals surface area contributed by atoms with E-state index in [-0.39, 0.29) is 31.1 Å². The van der Waals surface area contributed by atoms with Gasteiger partial charge in [-0.1, -0.05) is 293 Å². The average Bonchev–Trinajstić information content (AvgIpc) is 3.44. The molecule has 0 heterocycles. The minimum absolute atomic E-state index is 0.0807. The molecule has 0 aromatic rings. The van der Waals surface area contributed by atoms with Gasteiger partial charge in [0.2, 0.25) is 0 Å². The molecule has 0 N–H and O–H groups in total. The van der Waals surface area contributed by atoms with E-state index in [1.165, 1.54) is 212 Å². The van der Waals surface area contributed by atoms with E-state index < -0.39 is 6.10 Å². The summed E-state index contributed by atoms with van der Waals surface area (Å²) in [4.78, 5) is 38.3. The van der Waals surface area contributed by atoms with Gasteiger partial charge in [-0.15, -0.1) is 0 Å². The van der Waals surface area contributed by atoms with E-state index in [4.69, 9.17) is 14.2 Å². The Morgan fingerprint density at radius 3 is 0.769 bits per heavy atom. The van der Waals surface area contributed by atoms with E-state index >= 15 is 0 Å². The lowest BCUT2D eigenvalue weighted by atomic mass is 10.0. The number of ether oxygens (including phenoxy) is 3. The van der Waals surface area contributed by atoms with Gasteiger partial charge in [0.1, 0.15) is 13.2 Å². The summed E-state index contributed by atoms with van der Waals surface area (Å²) in [5.41, 5.74) is 0. The topological polar surface area (TPSA) is 78.9 Å². The second-order valence-electron chi connectivity index (χ2n) is 22.7. The lowest BCUT2D eigenvalue weighted by Gasteiger charge is -2.18. The van der Waals surface area contributed by atoms with Gasteiger partial charge in [0.15, 0.2) is 6.10 Å². The highest BCUT2D eigenvalue weighted by Crippen LogP contribution is 2.17. The minimum Gasteiger partial charge on any atom is -0.462 e. The fourth-order valence-electron chi connectivity index (χ4n) is 9.76. The molecule has 0 aromatic carbocycles. The van der Waals surface area contributed by atoms with Crippen molar-refractivity contribution in [2.45, 2.75) is 354 Å². The van der Waals surface area contributed by atoms with Crippen LogP contribution in [-0.2, 0) is 28.6 Å². The number of carbonyl (C=O) groups excluding carboxylic acids is 3. The summed E-state index contributed by atoms with van der Waals surface area (Å²) in [6.07, 6.45) is 86.4. The van der Waals surface area contributed by atoms with Gasteiger partial charge in [-0.2, -0.15) is 0 Å². The first kappa shape index (κ1) is 74.8. The van der Waals surface area contributed by atoms with E-state index in [0.29, 0.717) is 19.3 Å². The van der Waals surface area contributed by atoms with Gasteiger partial charge < -0.3 is 14.2 Å². The molecule has 0 spiro atoms. The molecule has 0 bridgehead atoms. The standard InChI is InChI=1S/C72H128O6/c1-4-7-10-13-16-19-22-25-28-30-31-32-33-34-35-36-37-38-39-40-41-43-44-47-50-53-56-59-62-65-71(74)77-68-69(67-76-70(73)64-61-58-55-52-49-46-27-24-21-18-15-12-9-6-3)78-72(75)66-63-60-57-54-51-48-45-42-29-26-23-20-17-14-11-8-5-2/h15,17-18,20,22,24-27,29-31,69H,4-14,16,19,21,23,28,32-68H2,1-3H3/b18-15-,20-17-,25-22-,27-24-,29-26-,31-30-. The van der Waals surface area contributed by atoms with Crippen LogP contribution in [0.5, 0.6) is 0 Å². The van der Waals surface area contributed by atoms with E-state index in [1.54, 1.807) is 0 Å². The van der Waals surface area contributed by atoms with Crippen LogP contribution in [0.3, 0.4) is 0 Å². The number of unbranched alkanes of at least 4 members (excludes halogenated alkanes) is 39. The Morgan fingerprint density at radius 1 is 0.256 bits per heavy atom. The van der Waals surface area contributed by atoms with Crippen molar-refractivity contribution in [3.05, 3.63) is 72.9 Å². The first-order valence-corrected chi connectivity index (χ1v) is 33.9. The zero-order chi connectivity index (χ0) is 56.4. The third-order valence-corrected chi connectivity index (χ3v) is 14.9. The van der Waals surface area contributed by atoms with Crippen LogP contribution < -0.4 is 0 Å². The van der Waals surface area contributed by atoms with Crippen molar-refractivity contribution >= 4 is 17.9 Å². The van der Waals surface area contributed by atoms with Gasteiger partial charge in [0.05, 0.1) is 0 Å². The quantitative estimate of drug-likeness (QED) is 0.0261. The smallest absolute Gasteiger partial charge is 0.306 e. The third-order valence-electron chi connectivity index (χ3n) is 14.9. The Labute approximate surface area is 484 Å². The number of hydrogen-bond acceptors (Lipinski definition) is 6. The van der Waals surface area contributed by atoms with Crippen LogP contribution in [0.4, 0.5) is 0 Å². The highest BCUT2D eigenvalue weighted by molar-refractivity contribution is 5.71. The van der Waals surface area contributed by atoms with Crippen LogP contribution in [0.25, 0.3) is 0 Å². The summed E-state index contributed by atoms with van der Waals surface area (Å²) in [5, 5.41) is 0. The summed E-state index contributed by atoms with van der Waals surface area (Å²) in [7, 11) is 0. The Hall–Kier alpha value is -3.15. The molecule has 6 heteroatoms. The fraction of sp³-hybridized carbons (Fsp3) is 0.792. The largest absolute Gasteiger partial charge is 0.462 e. The predicted octanol–water partition coefficient (Wildman–Crippen LogP) is 23.3. The van der Waals surface area contributed by atoms with E-state index in [2.05, 4.69) is 93.7 Å². The van der Waals surface area contributed by atoms with Gasteiger partial charge in [0.25, 0.3) is 0 Å². The van der Waals surface area contributed by atoms with Crippen molar-refractivity contribution in [3.63, 3.8) is 0 Å². The second kappa shape index (κ2) is 66.4. The van der Waals surface area contributed by atoms with Gasteiger partial charge in [0, 0.05) is 19.3 Å². The van der Waals surface area contributed by atoms with Crippen molar-refractivity contribution < 1.29 is 28.6 Å². The maximum absolute atomic E-state index is 12.9. The molecule has 0 radical (unpaired) electrons. The Morgan fingerprint density at radius 2 is 0.474 bits per heavy atom.